The van der Waals surface area contributed by atoms with Gasteiger partial charge in [0.2, 0.25) is 0 Å². The van der Waals surface area contributed by atoms with Gasteiger partial charge in [-0.15, -0.1) is 0 Å². The third-order valence-electron chi connectivity index (χ3n) is 3.51. The SMILES string of the molecule is O=C(Cn1ccc2c(Cl)cc(Cl)cc21)C1CCOC1. The molecular weight excluding hydrogens is 285 g/mol. The molecule has 1 aliphatic heterocycles. The number of hydrogen-bond donors (Lipinski definition) is 0. The molecule has 0 bridgehead atoms. The molecule has 100 valence electrons. The predicted molar refractivity (Wildman–Crippen MR) is 75.9 cm³/mol. The fourth-order valence-electron chi connectivity index (χ4n) is 2.44. The van der Waals surface area contributed by atoms with Crippen LogP contribution >= 0.6 is 23.2 Å². The van der Waals surface area contributed by atoms with Crippen molar-refractivity contribution in [1.82, 2.24) is 4.57 Å². The Bertz CT molecular complexity index is 630. The van der Waals surface area contributed by atoms with Gasteiger partial charge in [-0.25, -0.2) is 0 Å². The van der Waals surface area contributed by atoms with E-state index >= 15 is 0 Å². The van der Waals surface area contributed by atoms with Gasteiger partial charge in [-0.3, -0.25) is 4.79 Å². The second-order valence-electron chi connectivity index (χ2n) is 4.79. The molecule has 19 heavy (non-hydrogen) atoms. The first kappa shape index (κ1) is 13.0. The molecule has 1 atom stereocenters. The minimum Gasteiger partial charge on any atom is -0.381 e. The van der Waals surface area contributed by atoms with Crippen molar-refractivity contribution in [2.45, 2.75) is 13.0 Å². The first-order chi connectivity index (χ1) is 9.15. The molecule has 3 nitrogen and oxygen atoms in total. The lowest BCUT2D eigenvalue weighted by atomic mass is 10.0. The number of ether oxygens (including phenoxy) is 1. The second-order valence-corrected chi connectivity index (χ2v) is 5.63. The van der Waals surface area contributed by atoms with E-state index in [-0.39, 0.29) is 11.7 Å². The lowest BCUT2D eigenvalue weighted by Crippen LogP contribution is -2.19. The Balaban J connectivity index is 1.90. The number of carbonyl (C=O) groups is 1. The number of nitrogens with zero attached hydrogens (tertiary/aromatic N) is 1. The molecule has 1 aromatic heterocycles. The maximum absolute atomic E-state index is 12.2. The molecule has 1 saturated heterocycles. The summed E-state index contributed by atoms with van der Waals surface area (Å²) in [6, 6.07) is 5.45. The van der Waals surface area contributed by atoms with E-state index in [4.69, 9.17) is 27.9 Å². The number of benzene rings is 1. The third-order valence-corrected chi connectivity index (χ3v) is 4.05. The molecule has 0 amide bonds. The Morgan fingerprint density at radius 2 is 2.26 bits per heavy atom. The van der Waals surface area contributed by atoms with Crippen LogP contribution in [-0.2, 0) is 16.1 Å². The van der Waals surface area contributed by atoms with Gasteiger partial charge in [-0.2, -0.15) is 0 Å². The predicted octanol–water partition coefficient (Wildman–Crippen LogP) is 3.55. The Hall–Kier alpha value is -1.03. The number of Topliss-reactive ketones (excluding diaryl/α,β-unsaturated/α-hetero) is 1. The number of hydrogen-bond acceptors (Lipinski definition) is 2. The molecule has 0 saturated carbocycles. The van der Waals surface area contributed by atoms with Crippen LogP contribution in [0.2, 0.25) is 10.0 Å². The van der Waals surface area contributed by atoms with Crippen molar-refractivity contribution in [2.75, 3.05) is 13.2 Å². The number of rotatable bonds is 3. The van der Waals surface area contributed by atoms with Crippen LogP contribution in [-0.4, -0.2) is 23.6 Å². The zero-order valence-corrected chi connectivity index (χ0v) is 11.7. The molecule has 2 aromatic rings. The van der Waals surface area contributed by atoms with Gasteiger partial charge in [0.05, 0.1) is 23.7 Å². The molecule has 1 aliphatic rings. The summed E-state index contributed by atoms with van der Waals surface area (Å²) in [6.45, 7) is 1.56. The van der Waals surface area contributed by atoms with E-state index in [2.05, 4.69) is 0 Å². The van der Waals surface area contributed by atoms with Crippen molar-refractivity contribution in [2.24, 2.45) is 5.92 Å². The van der Waals surface area contributed by atoms with Gasteiger partial charge in [0.1, 0.15) is 0 Å². The van der Waals surface area contributed by atoms with Gasteiger partial charge in [-0.05, 0) is 24.6 Å². The molecule has 0 radical (unpaired) electrons. The number of ketones is 1. The van der Waals surface area contributed by atoms with Crippen LogP contribution in [0, 0.1) is 5.92 Å². The molecule has 1 fully saturated rings. The zero-order valence-electron chi connectivity index (χ0n) is 10.2. The first-order valence-corrected chi connectivity index (χ1v) is 6.95. The smallest absolute Gasteiger partial charge is 0.157 e. The molecule has 5 heteroatoms. The van der Waals surface area contributed by atoms with Crippen LogP contribution < -0.4 is 0 Å². The zero-order chi connectivity index (χ0) is 13.4. The third kappa shape index (κ3) is 2.50. The van der Waals surface area contributed by atoms with Crippen LogP contribution in [0.4, 0.5) is 0 Å². The van der Waals surface area contributed by atoms with Crippen LogP contribution in [0.5, 0.6) is 0 Å². The van der Waals surface area contributed by atoms with Crippen molar-refractivity contribution in [3.63, 3.8) is 0 Å². The highest BCUT2D eigenvalue weighted by atomic mass is 35.5. The topological polar surface area (TPSA) is 31.2 Å². The normalized spacial score (nSPS) is 19.2. The fraction of sp³-hybridized carbons (Fsp3) is 0.357. The summed E-state index contributed by atoms with van der Waals surface area (Å²) in [6.07, 6.45) is 2.69. The Labute approximate surface area is 121 Å². The quantitative estimate of drug-likeness (QED) is 0.867. The summed E-state index contributed by atoms with van der Waals surface area (Å²) in [4.78, 5) is 12.2. The molecule has 3 rings (SSSR count). The van der Waals surface area contributed by atoms with Gasteiger partial charge in [0.15, 0.2) is 5.78 Å². The summed E-state index contributed by atoms with van der Waals surface area (Å²) < 4.78 is 7.15. The highest BCUT2D eigenvalue weighted by molar-refractivity contribution is 6.38. The number of halogens is 2. The van der Waals surface area contributed by atoms with Crippen LogP contribution in [0.3, 0.4) is 0 Å². The van der Waals surface area contributed by atoms with E-state index < -0.39 is 0 Å². The summed E-state index contributed by atoms with van der Waals surface area (Å²) in [5.41, 5.74) is 0.893. The number of fused-ring (bicyclic) bond motifs is 1. The average Bonchev–Trinajstić information content (AvgIpc) is 2.99. The summed E-state index contributed by atoms with van der Waals surface area (Å²) in [5, 5.41) is 2.11. The summed E-state index contributed by atoms with van der Waals surface area (Å²) in [7, 11) is 0. The van der Waals surface area contributed by atoms with Gasteiger partial charge in [0.25, 0.3) is 0 Å². The maximum Gasteiger partial charge on any atom is 0.157 e. The molecule has 2 heterocycles. The highest BCUT2D eigenvalue weighted by Crippen LogP contribution is 2.29. The van der Waals surface area contributed by atoms with Crippen molar-refractivity contribution in [1.29, 1.82) is 0 Å². The lowest BCUT2D eigenvalue weighted by molar-refractivity contribution is -0.123. The van der Waals surface area contributed by atoms with Gasteiger partial charge < -0.3 is 9.30 Å². The molecule has 0 N–H and O–H groups in total. The maximum atomic E-state index is 12.2. The minimum absolute atomic E-state index is 0.0205. The van der Waals surface area contributed by atoms with Crippen molar-refractivity contribution in [3.05, 3.63) is 34.4 Å². The van der Waals surface area contributed by atoms with Crippen LogP contribution in [0.1, 0.15) is 6.42 Å². The van der Waals surface area contributed by atoms with E-state index in [1.165, 1.54) is 0 Å². The largest absolute Gasteiger partial charge is 0.381 e. The molecule has 0 spiro atoms. The summed E-state index contributed by atoms with van der Waals surface area (Å²) >= 11 is 12.2. The Morgan fingerprint density at radius 1 is 1.42 bits per heavy atom. The molecule has 1 aromatic carbocycles. The van der Waals surface area contributed by atoms with Crippen molar-refractivity contribution in [3.8, 4) is 0 Å². The number of aromatic nitrogens is 1. The van der Waals surface area contributed by atoms with E-state index in [9.17, 15) is 4.79 Å². The molecular formula is C14H13Cl2NO2. The minimum atomic E-state index is 0.0205. The average molecular weight is 298 g/mol. The molecule has 0 aliphatic carbocycles. The van der Waals surface area contributed by atoms with Gasteiger partial charge in [-0.1, -0.05) is 23.2 Å². The van der Waals surface area contributed by atoms with E-state index in [0.29, 0.717) is 29.8 Å². The monoisotopic (exact) mass is 297 g/mol. The second kappa shape index (κ2) is 5.16. The Morgan fingerprint density at radius 3 is 3.00 bits per heavy atom. The highest BCUT2D eigenvalue weighted by Gasteiger charge is 2.23. The van der Waals surface area contributed by atoms with Crippen molar-refractivity contribution < 1.29 is 9.53 Å². The lowest BCUT2D eigenvalue weighted by Gasteiger charge is -2.09. The first-order valence-electron chi connectivity index (χ1n) is 6.19. The number of carbonyl (C=O) groups excluding carboxylic acids is 1. The van der Waals surface area contributed by atoms with Crippen molar-refractivity contribution >= 4 is 39.9 Å². The van der Waals surface area contributed by atoms with Gasteiger partial charge >= 0.3 is 0 Å². The summed E-state index contributed by atoms with van der Waals surface area (Å²) in [5.74, 6) is 0.221. The van der Waals surface area contributed by atoms with E-state index in [1.54, 1.807) is 6.07 Å². The fourth-order valence-corrected chi connectivity index (χ4v) is 2.99. The van der Waals surface area contributed by atoms with Crippen LogP contribution in [0.15, 0.2) is 24.4 Å². The Kier molecular flexibility index (Phi) is 3.52. The van der Waals surface area contributed by atoms with E-state index in [1.807, 2.05) is 22.9 Å². The van der Waals surface area contributed by atoms with Gasteiger partial charge in [0, 0.05) is 29.1 Å². The van der Waals surface area contributed by atoms with Crippen LogP contribution in [0.25, 0.3) is 10.9 Å². The standard InChI is InChI=1S/C14H13Cl2NO2/c15-10-5-12(16)11-1-3-17(13(11)6-10)7-14(18)9-2-4-19-8-9/h1,3,5-6,9H,2,4,7-8H2. The molecule has 1 unspecified atom stereocenters. The van der Waals surface area contributed by atoms with E-state index in [0.717, 1.165) is 17.3 Å².